The maximum atomic E-state index is 11.6. The predicted molar refractivity (Wildman–Crippen MR) is 72.1 cm³/mol. The zero-order chi connectivity index (χ0) is 13.7. The Hall–Kier alpha value is -1.73. The van der Waals surface area contributed by atoms with Gasteiger partial charge in [0.15, 0.2) is 5.69 Å². The van der Waals surface area contributed by atoms with Gasteiger partial charge < -0.3 is 10.5 Å². The lowest BCUT2D eigenvalue weighted by Crippen LogP contribution is -2.15. The van der Waals surface area contributed by atoms with Gasteiger partial charge in [0.25, 0.3) is 0 Å². The zero-order valence-electron chi connectivity index (χ0n) is 10.7. The second kappa shape index (κ2) is 6.44. The molecule has 2 N–H and O–H groups in total. The highest BCUT2D eigenvalue weighted by Gasteiger charge is 2.19. The number of rotatable bonds is 6. The van der Waals surface area contributed by atoms with Gasteiger partial charge in [0, 0.05) is 13.0 Å². The van der Waals surface area contributed by atoms with Crippen molar-refractivity contribution in [2.75, 3.05) is 13.7 Å². The molecule has 0 aromatic carbocycles. The molecule has 2 aromatic rings. The Morgan fingerprint density at radius 3 is 3.00 bits per heavy atom. The van der Waals surface area contributed by atoms with Crippen molar-refractivity contribution in [2.24, 2.45) is 5.73 Å². The number of carbonyl (C=O) groups is 1. The summed E-state index contributed by atoms with van der Waals surface area (Å²) in [6, 6.07) is 2.07. The summed E-state index contributed by atoms with van der Waals surface area (Å²) in [5, 5.41) is 12.0. The molecule has 0 saturated heterocycles. The molecule has 0 saturated carbocycles. The second-order valence-electron chi connectivity index (χ2n) is 4.02. The standard InChI is InChI=1S/C12H16N4O2S/c1-18-12(17)11-10(2-5-13)16(15-14-11)6-3-9-4-7-19-8-9/h4,7-8H,2-3,5-6,13H2,1H3. The minimum absolute atomic E-state index is 0.262. The molecule has 0 atom stereocenters. The van der Waals surface area contributed by atoms with Gasteiger partial charge in [-0.3, -0.25) is 0 Å². The molecule has 7 heteroatoms. The summed E-state index contributed by atoms with van der Waals surface area (Å²) in [6.45, 7) is 1.12. The van der Waals surface area contributed by atoms with Crippen LogP contribution in [0.15, 0.2) is 16.8 Å². The van der Waals surface area contributed by atoms with Crippen LogP contribution >= 0.6 is 11.3 Å². The van der Waals surface area contributed by atoms with Gasteiger partial charge in [0.05, 0.1) is 12.8 Å². The average molecular weight is 280 g/mol. The van der Waals surface area contributed by atoms with Gasteiger partial charge in [0.1, 0.15) is 0 Å². The Bertz CT molecular complexity index is 536. The van der Waals surface area contributed by atoms with Gasteiger partial charge in [-0.2, -0.15) is 11.3 Å². The fraction of sp³-hybridized carbons (Fsp3) is 0.417. The molecule has 19 heavy (non-hydrogen) atoms. The first-order chi connectivity index (χ1) is 9.26. The molecule has 0 radical (unpaired) electrons. The number of methoxy groups -OCH3 is 1. The van der Waals surface area contributed by atoms with Crippen LogP contribution in [0.4, 0.5) is 0 Å². The third-order valence-electron chi connectivity index (χ3n) is 2.79. The van der Waals surface area contributed by atoms with Crippen molar-refractivity contribution in [3.63, 3.8) is 0 Å². The topological polar surface area (TPSA) is 83.0 Å². The number of aromatic nitrogens is 3. The van der Waals surface area contributed by atoms with Crippen LogP contribution in [0.25, 0.3) is 0 Å². The van der Waals surface area contributed by atoms with Gasteiger partial charge in [-0.05, 0) is 35.4 Å². The Morgan fingerprint density at radius 2 is 2.37 bits per heavy atom. The number of hydrogen-bond acceptors (Lipinski definition) is 6. The molecule has 2 heterocycles. The number of carbonyl (C=O) groups excluding carboxylic acids is 1. The molecule has 6 nitrogen and oxygen atoms in total. The minimum Gasteiger partial charge on any atom is -0.464 e. The zero-order valence-corrected chi connectivity index (χ0v) is 11.5. The molecule has 0 bridgehead atoms. The van der Waals surface area contributed by atoms with E-state index in [2.05, 4.69) is 21.8 Å². The molecule has 2 rings (SSSR count). The number of nitrogens with two attached hydrogens (primary N) is 1. The molecule has 0 aliphatic rings. The molecular weight excluding hydrogens is 264 g/mol. The van der Waals surface area contributed by atoms with Crippen molar-refractivity contribution in [3.05, 3.63) is 33.8 Å². The smallest absolute Gasteiger partial charge is 0.360 e. The third-order valence-corrected chi connectivity index (χ3v) is 3.52. The van der Waals surface area contributed by atoms with Crippen LogP contribution in [-0.2, 0) is 24.1 Å². The van der Waals surface area contributed by atoms with E-state index < -0.39 is 5.97 Å². The van der Waals surface area contributed by atoms with E-state index >= 15 is 0 Å². The van der Waals surface area contributed by atoms with Crippen LogP contribution in [0.3, 0.4) is 0 Å². The van der Waals surface area contributed by atoms with E-state index in [0.717, 1.165) is 12.1 Å². The lowest BCUT2D eigenvalue weighted by Gasteiger charge is -2.05. The number of aryl methyl sites for hydroxylation is 2. The predicted octanol–water partition coefficient (Wildman–Crippen LogP) is 0.870. The SMILES string of the molecule is COC(=O)c1nnn(CCc2ccsc2)c1CCN. The molecule has 0 fully saturated rings. The molecule has 0 amide bonds. The van der Waals surface area contributed by atoms with Crippen molar-refractivity contribution in [2.45, 2.75) is 19.4 Å². The van der Waals surface area contributed by atoms with E-state index in [0.29, 0.717) is 19.5 Å². The van der Waals surface area contributed by atoms with Gasteiger partial charge >= 0.3 is 5.97 Å². The molecule has 102 valence electrons. The van der Waals surface area contributed by atoms with Crippen molar-refractivity contribution in [1.82, 2.24) is 15.0 Å². The normalized spacial score (nSPS) is 10.6. The Morgan fingerprint density at radius 1 is 1.53 bits per heavy atom. The van der Waals surface area contributed by atoms with Crippen LogP contribution in [0.2, 0.25) is 0 Å². The van der Waals surface area contributed by atoms with Crippen LogP contribution < -0.4 is 5.73 Å². The van der Waals surface area contributed by atoms with Crippen molar-refractivity contribution in [3.8, 4) is 0 Å². The number of hydrogen-bond donors (Lipinski definition) is 1. The third kappa shape index (κ3) is 3.18. The van der Waals surface area contributed by atoms with Crippen LogP contribution in [0.1, 0.15) is 21.7 Å². The summed E-state index contributed by atoms with van der Waals surface area (Å²) < 4.78 is 6.43. The van der Waals surface area contributed by atoms with Crippen LogP contribution in [0.5, 0.6) is 0 Å². The van der Waals surface area contributed by atoms with Crippen LogP contribution in [0, 0.1) is 0 Å². The summed E-state index contributed by atoms with van der Waals surface area (Å²) in [4.78, 5) is 11.6. The first-order valence-corrected chi connectivity index (χ1v) is 6.92. The number of esters is 1. The Kier molecular flexibility index (Phi) is 4.64. The Labute approximate surface area is 115 Å². The average Bonchev–Trinajstić information content (AvgIpc) is 3.05. The van der Waals surface area contributed by atoms with Crippen LogP contribution in [-0.4, -0.2) is 34.6 Å². The number of nitrogens with zero attached hydrogens (tertiary/aromatic N) is 3. The summed E-state index contributed by atoms with van der Waals surface area (Å²) in [7, 11) is 1.33. The van der Waals surface area contributed by atoms with Crippen molar-refractivity contribution < 1.29 is 9.53 Å². The number of thiophene rings is 1. The highest BCUT2D eigenvalue weighted by molar-refractivity contribution is 7.07. The van der Waals surface area contributed by atoms with Crippen molar-refractivity contribution >= 4 is 17.3 Å². The maximum absolute atomic E-state index is 11.6. The quantitative estimate of drug-likeness (QED) is 0.794. The van der Waals surface area contributed by atoms with E-state index in [9.17, 15) is 4.79 Å². The van der Waals surface area contributed by atoms with Crippen molar-refractivity contribution in [1.29, 1.82) is 0 Å². The molecule has 0 aliphatic heterocycles. The summed E-state index contributed by atoms with van der Waals surface area (Å²) in [6.07, 6.45) is 1.41. The summed E-state index contributed by atoms with van der Waals surface area (Å²) in [5.41, 5.74) is 7.82. The van der Waals surface area contributed by atoms with Gasteiger partial charge in [0.2, 0.25) is 0 Å². The molecule has 0 spiro atoms. The Balaban J connectivity index is 2.15. The lowest BCUT2D eigenvalue weighted by atomic mass is 10.2. The summed E-state index contributed by atoms with van der Waals surface area (Å²) >= 11 is 1.66. The maximum Gasteiger partial charge on any atom is 0.360 e. The van der Waals surface area contributed by atoms with Gasteiger partial charge in [-0.1, -0.05) is 5.21 Å². The first kappa shape index (κ1) is 13.7. The summed E-state index contributed by atoms with van der Waals surface area (Å²) in [5.74, 6) is -0.467. The van der Waals surface area contributed by atoms with E-state index in [-0.39, 0.29) is 5.69 Å². The largest absolute Gasteiger partial charge is 0.464 e. The molecule has 2 aromatic heterocycles. The van der Waals surface area contributed by atoms with E-state index in [1.54, 1.807) is 16.0 Å². The minimum atomic E-state index is -0.467. The van der Waals surface area contributed by atoms with E-state index in [1.165, 1.54) is 12.7 Å². The fourth-order valence-electron chi connectivity index (χ4n) is 1.82. The second-order valence-corrected chi connectivity index (χ2v) is 4.80. The van der Waals surface area contributed by atoms with E-state index in [4.69, 9.17) is 10.5 Å². The monoisotopic (exact) mass is 280 g/mol. The molecular formula is C12H16N4O2S. The molecule has 0 aliphatic carbocycles. The van der Waals surface area contributed by atoms with Gasteiger partial charge in [-0.25, -0.2) is 9.48 Å². The fourth-order valence-corrected chi connectivity index (χ4v) is 2.52. The highest BCUT2D eigenvalue weighted by atomic mass is 32.1. The molecule has 0 unspecified atom stereocenters. The highest BCUT2D eigenvalue weighted by Crippen LogP contribution is 2.11. The number of ether oxygens (including phenoxy) is 1. The lowest BCUT2D eigenvalue weighted by molar-refractivity contribution is 0.0592. The van der Waals surface area contributed by atoms with E-state index in [1.807, 2.05) is 5.38 Å². The van der Waals surface area contributed by atoms with Gasteiger partial charge in [-0.15, -0.1) is 5.10 Å². The first-order valence-electron chi connectivity index (χ1n) is 5.98.